The Balaban J connectivity index is 1.69. The van der Waals surface area contributed by atoms with Crippen molar-refractivity contribution in [3.05, 3.63) is 90.0 Å². The van der Waals surface area contributed by atoms with Gasteiger partial charge >= 0.3 is 5.97 Å². The van der Waals surface area contributed by atoms with Gasteiger partial charge in [-0.3, -0.25) is 4.79 Å². The van der Waals surface area contributed by atoms with Gasteiger partial charge in [0.2, 0.25) is 0 Å². The van der Waals surface area contributed by atoms with Gasteiger partial charge in [0.1, 0.15) is 37.1 Å². The molecular weight excluding hydrogens is 352 g/mol. The summed E-state index contributed by atoms with van der Waals surface area (Å²) in [6.07, 6.45) is 4.39. The van der Waals surface area contributed by atoms with Gasteiger partial charge in [-0.05, 0) is 11.1 Å². The summed E-state index contributed by atoms with van der Waals surface area (Å²) in [5, 5.41) is 0. The first-order chi connectivity index (χ1) is 13.6. The smallest absolute Gasteiger partial charge is 0.321 e. The zero-order chi connectivity index (χ0) is 19.6. The molecule has 0 spiro atoms. The molecule has 1 aromatic heterocycles. The molecule has 5 nitrogen and oxygen atoms in total. The Morgan fingerprint density at radius 1 is 1.11 bits per heavy atom. The molecule has 3 aromatic rings. The van der Waals surface area contributed by atoms with Gasteiger partial charge in [-0.2, -0.15) is 0 Å². The molecule has 0 bridgehead atoms. The molecule has 0 radical (unpaired) electrons. The molecular formula is C23H25N2O3+. The minimum atomic E-state index is -0.774. The third kappa shape index (κ3) is 3.12. The van der Waals surface area contributed by atoms with Gasteiger partial charge in [0, 0.05) is 13.5 Å². The number of aromatic nitrogens is 2. The van der Waals surface area contributed by atoms with Crippen LogP contribution in [0.2, 0.25) is 0 Å². The molecule has 1 atom stereocenters. The minimum absolute atomic E-state index is 0.181. The standard InChI is InChI=1S/C23H25N2O3/c1-24-13-14-25(21(24)17-27-2)16-20-15-23(22(26)28-20,18-9-5-3-6-10-18)19-11-7-4-8-12-19/h3-14,20H,15-17H2,1-2H3/q+1. The predicted octanol–water partition coefficient (Wildman–Crippen LogP) is 2.76. The fourth-order valence-corrected chi connectivity index (χ4v) is 4.16. The lowest BCUT2D eigenvalue weighted by atomic mass is 9.72. The van der Waals surface area contributed by atoms with Gasteiger partial charge in [-0.25, -0.2) is 9.13 Å². The van der Waals surface area contributed by atoms with E-state index in [-0.39, 0.29) is 12.1 Å². The minimum Gasteiger partial charge on any atom is -0.457 e. The first kappa shape index (κ1) is 18.4. The summed E-state index contributed by atoms with van der Waals surface area (Å²) in [7, 11) is 3.67. The predicted molar refractivity (Wildman–Crippen MR) is 104 cm³/mol. The number of esters is 1. The Morgan fingerprint density at radius 2 is 1.71 bits per heavy atom. The normalized spacial score (nSPS) is 18.2. The van der Waals surface area contributed by atoms with Gasteiger partial charge < -0.3 is 9.47 Å². The summed E-state index contributed by atoms with van der Waals surface area (Å²) in [6.45, 7) is 1.11. The van der Waals surface area contributed by atoms with E-state index in [2.05, 4.69) is 4.57 Å². The highest BCUT2D eigenvalue weighted by atomic mass is 16.6. The van der Waals surface area contributed by atoms with Crippen LogP contribution in [0, 0.1) is 0 Å². The number of carbonyl (C=O) groups is 1. The number of hydrogen-bond donors (Lipinski definition) is 0. The Kier molecular flexibility index (Phi) is 5.01. The highest BCUT2D eigenvalue weighted by Gasteiger charge is 2.52. The number of hydrogen-bond acceptors (Lipinski definition) is 3. The first-order valence-corrected chi connectivity index (χ1v) is 9.50. The average molecular weight is 377 g/mol. The van der Waals surface area contributed by atoms with Gasteiger partial charge in [-0.15, -0.1) is 0 Å². The summed E-state index contributed by atoms with van der Waals surface area (Å²) in [5.41, 5.74) is 1.18. The zero-order valence-electron chi connectivity index (χ0n) is 16.2. The zero-order valence-corrected chi connectivity index (χ0v) is 16.2. The highest BCUT2D eigenvalue weighted by Crippen LogP contribution is 2.43. The quantitative estimate of drug-likeness (QED) is 0.490. The van der Waals surface area contributed by atoms with Gasteiger partial charge in [0.15, 0.2) is 0 Å². The molecule has 144 valence electrons. The van der Waals surface area contributed by atoms with E-state index in [0.717, 1.165) is 17.0 Å². The molecule has 1 aliphatic rings. The van der Waals surface area contributed by atoms with E-state index in [4.69, 9.17) is 9.47 Å². The van der Waals surface area contributed by atoms with Crippen LogP contribution in [0.3, 0.4) is 0 Å². The number of aryl methyl sites for hydroxylation is 1. The highest BCUT2D eigenvalue weighted by molar-refractivity contribution is 5.89. The van der Waals surface area contributed by atoms with Crippen molar-refractivity contribution in [1.82, 2.24) is 4.57 Å². The topological polar surface area (TPSA) is 44.3 Å². The van der Waals surface area contributed by atoms with Crippen LogP contribution in [-0.2, 0) is 39.9 Å². The lowest BCUT2D eigenvalue weighted by Gasteiger charge is -2.26. The molecule has 1 saturated heterocycles. The first-order valence-electron chi connectivity index (χ1n) is 9.50. The maximum atomic E-state index is 13.3. The van der Waals surface area contributed by atoms with Gasteiger partial charge in [0.05, 0.1) is 7.05 Å². The molecule has 1 aliphatic heterocycles. The van der Waals surface area contributed by atoms with E-state index < -0.39 is 5.41 Å². The Hall–Kier alpha value is -2.92. The van der Waals surface area contributed by atoms with Crippen molar-refractivity contribution in [2.75, 3.05) is 7.11 Å². The third-order valence-electron chi connectivity index (χ3n) is 5.57. The maximum Gasteiger partial charge on any atom is 0.321 e. The lowest BCUT2D eigenvalue weighted by molar-refractivity contribution is -0.680. The van der Waals surface area contributed by atoms with Crippen LogP contribution in [0.25, 0.3) is 0 Å². The van der Waals surface area contributed by atoms with Crippen LogP contribution >= 0.6 is 0 Å². The molecule has 0 amide bonds. The van der Waals surface area contributed by atoms with Crippen LogP contribution in [0.5, 0.6) is 0 Å². The molecule has 28 heavy (non-hydrogen) atoms. The average Bonchev–Trinajstić information content (AvgIpc) is 3.24. The molecule has 4 rings (SSSR count). The van der Waals surface area contributed by atoms with E-state index in [0.29, 0.717) is 19.6 Å². The number of nitrogens with zero attached hydrogens (tertiary/aromatic N) is 2. The number of benzene rings is 2. The number of ether oxygens (including phenoxy) is 2. The van der Waals surface area contributed by atoms with Crippen LogP contribution in [0.1, 0.15) is 23.4 Å². The van der Waals surface area contributed by atoms with Crippen molar-refractivity contribution in [3.8, 4) is 0 Å². The summed E-state index contributed by atoms with van der Waals surface area (Å²) >= 11 is 0. The molecule has 1 unspecified atom stereocenters. The van der Waals surface area contributed by atoms with Crippen LogP contribution in [0.4, 0.5) is 0 Å². The second-order valence-electron chi connectivity index (χ2n) is 7.28. The number of rotatable bonds is 6. The van der Waals surface area contributed by atoms with E-state index >= 15 is 0 Å². The molecule has 0 N–H and O–H groups in total. The number of cyclic esters (lactones) is 1. The molecule has 2 aromatic carbocycles. The summed E-state index contributed by atoms with van der Waals surface area (Å²) in [5.74, 6) is 0.857. The van der Waals surface area contributed by atoms with Crippen molar-refractivity contribution in [3.63, 3.8) is 0 Å². The number of carbonyl (C=O) groups excluding carboxylic acids is 1. The molecule has 2 heterocycles. The largest absolute Gasteiger partial charge is 0.457 e. The summed E-state index contributed by atoms with van der Waals surface area (Å²) in [4.78, 5) is 13.3. The second kappa shape index (κ2) is 7.60. The van der Waals surface area contributed by atoms with Gasteiger partial charge in [-0.1, -0.05) is 60.7 Å². The van der Waals surface area contributed by atoms with Crippen molar-refractivity contribution >= 4 is 5.97 Å². The van der Waals surface area contributed by atoms with Crippen molar-refractivity contribution < 1.29 is 18.8 Å². The number of methoxy groups -OCH3 is 1. The molecule has 0 aliphatic carbocycles. The van der Waals surface area contributed by atoms with E-state index in [9.17, 15) is 4.79 Å². The fourth-order valence-electron chi connectivity index (χ4n) is 4.16. The van der Waals surface area contributed by atoms with Gasteiger partial charge in [0.25, 0.3) is 5.82 Å². The van der Waals surface area contributed by atoms with Crippen molar-refractivity contribution in [1.29, 1.82) is 0 Å². The van der Waals surface area contributed by atoms with Crippen molar-refractivity contribution in [2.45, 2.75) is 31.1 Å². The second-order valence-corrected chi connectivity index (χ2v) is 7.28. The Labute approximate surface area is 165 Å². The SMILES string of the molecule is COCc1n(CC2CC(c3ccccc3)(c3ccccc3)C(=O)O2)cc[n+]1C. The Morgan fingerprint density at radius 3 is 2.29 bits per heavy atom. The summed E-state index contributed by atoms with van der Waals surface area (Å²) in [6, 6.07) is 19.9. The van der Waals surface area contributed by atoms with Crippen LogP contribution in [-0.4, -0.2) is 23.8 Å². The van der Waals surface area contributed by atoms with Crippen LogP contribution in [0.15, 0.2) is 73.1 Å². The monoisotopic (exact) mass is 377 g/mol. The number of imidazole rings is 1. The summed E-state index contributed by atoms with van der Waals surface area (Å²) < 4.78 is 15.4. The fraction of sp³-hybridized carbons (Fsp3) is 0.304. The van der Waals surface area contributed by atoms with E-state index in [1.54, 1.807) is 7.11 Å². The van der Waals surface area contributed by atoms with E-state index in [1.807, 2.05) is 84.7 Å². The van der Waals surface area contributed by atoms with Crippen molar-refractivity contribution in [2.24, 2.45) is 7.05 Å². The van der Waals surface area contributed by atoms with E-state index in [1.165, 1.54) is 0 Å². The molecule has 5 heteroatoms. The molecule has 0 saturated carbocycles. The lowest BCUT2D eigenvalue weighted by Crippen LogP contribution is -2.34. The Bertz CT molecular complexity index is 911. The molecule has 1 fully saturated rings. The maximum absolute atomic E-state index is 13.3. The van der Waals surface area contributed by atoms with Crippen LogP contribution < -0.4 is 4.57 Å². The third-order valence-corrected chi connectivity index (χ3v) is 5.57.